The van der Waals surface area contributed by atoms with Crippen LogP contribution in [0.1, 0.15) is 6.92 Å². The van der Waals surface area contributed by atoms with Crippen molar-refractivity contribution < 1.29 is 13.2 Å². The molecule has 1 unspecified atom stereocenters. The van der Waals surface area contributed by atoms with Gasteiger partial charge in [0.2, 0.25) is 10.0 Å². The summed E-state index contributed by atoms with van der Waals surface area (Å²) in [5, 5.41) is 2.33. The second-order valence-electron chi connectivity index (χ2n) is 3.86. The summed E-state index contributed by atoms with van der Waals surface area (Å²) in [7, 11) is -0.113. The van der Waals surface area contributed by atoms with Crippen LogP contribution < -0.4 is 14.8 Å². The van der Waals surface area contributed by atoms with Crippen molar-refractivity contribution in [1.29, 1.82) is 0 Å². The van der Waals surface area contributed by atoms with Crippen molar-refractivity contribution in [2.75, 3.05) is 25.4 Å². The van der Waals surface area contributed by atoms with E-state index in [9.17, 15) is 8.42 Å². The number of nitrogens with one attached hydrogen (secondary N) is 2. The van der Waals surface area contributed by atoms with Gasteiger partial charge in [0.05, 0.1) is 16.8 Å². The minimum Gasteiger partial charge on any atom is -0.496 e. The molecule has 1 rings (SSSR count). The van der Waals surface area contributed by atoms with Crippen LogP contribution in [0.15, 0.2) is 22.7 Å². The average Bonchev–Trinajstić information content (AvgIpc) is 2.29. The van der Waals surface area contributed by atoms with Crippen LogP contribution in [0.2, 0.25) is 0 Å². The highest BCUT2D eigenvalue weighted by molar-refractivity contribution is 9.10. The van der Waals surface area contributed by atoms with Gasteiger partial charge in [-0.15, -0.1) is 0 Å². The van der Waals surface area contributed by atoms with Crippen LogP contribution in [0, 0.1) is 0 Å². The van der Waals surface area contributed by atoms with E-state index in [1.165, 1.54) is 0 Å². The fraction of sp³-hybridized carbons (Fsp3) is 0.455. The summed E-state index contributed by atoms with van der Waals surface area (Å²) in [6.07, 6.45) is 0. The molecular weight excluding hydrogens is 320 g/mol. The molecular formula is C11H17BrN2O3S. The molecule has 0 saturated heterocycles. The molecule has 0 spiro atoms. The fourth-order valence-electron chi connectivity index (χ4n) is 1.39. The monoisotopic (exact) mass is 336 g/mol. The molecule has 5 nitrogen and oxygen atoms in total. The van der Waals surface area contributed by atoms with Crippen molar-refractivity contribution in [3.8, 4) is 5.75 Å². The van der Waals surface area contributed by atoms with E-state index in [4.69, 9.17) is 4.74 Å². The number of benzene rings is 1. The zero-order valence-corrected chi connectivity index (χ0v) is 12.9. The molecule has 0 heterocycles. The van der Waals surface area contributed by atoms with E-state index in [0.717, 1.165) is 0 Å². The first-order valence-corrected chi connectivity index (χ1v) is 7.74. The highest BCUT2D eigenvalue weighted by Gasteiger charge is 2.20. The summed E-state index contributed by atoms with van der Waals surface area (Å²) in [4.78, 5) is 0. The second kappa shape index (κ2) is 6.40. The summed E-state index contributed by atoms with van der Waals surface area (Å²) in [6.45, 7) is 2.05. The molecule has 0 aliphatic rings. The first-order valence-electron chi connectivity index (χ1n) is 5.40. The van der Waals surface area contributed by atoms with Gasteiger partial charge in [0.15, 0.2) is 0 Å². The van der Waals surface area contributed by atoms with Crippen LogP contribution in [0.25, 0.3) is 0 Å². The molecule has 1 atom stereocenters. The van der Waals surface area contributed by atoms with Crippen LogP contribution >= 0.6 is 15.9 Å². The van der Waals surface area contributed by atoms with Crippen molar-refractivity contribution in [2.45, 2.75) is 12.2 Å². The largest absolute Gasteiger partial charge is 0.496 e. The normalized spacial score (nSPS) is 13.1. The number of anilines is 1. The van der Waals surface area contributed by atoms with E-state index in [-0.39, 0.29) is 0 Å². The Balaban J connectivity index is 2.88. The summed E-state index contributed by atoms with van der Waals surface area (Å²) in [5.74, 6) is 0.654. The van der Waals surface area contributed by atoms with E-state index >= 15 is 0 Å². The van der Waals surface area contributed by atoms with Gasteiger partial charge in [-0.1, -0.05) is 0 Å². The number of hydrogen-bond donors (Lipinski definition) is 2. The van der Waals surface area contributed by atoms with Gasteiger partial charge < -0.3 is 10.1 Å². The molecule has 0 bridgehead atoms. The Labute approximate surface area is 116 Å². The Bertz CT molecular complexity index is 505. The molecule has 102 valence electrons. The zero-order valence-electron chi connectivity index (χ0n) is 10.5. The molecule has 1 aromatic carbocycles. The smallest absolute Gasteiger partial charge is 0.236 e. The molecule has 7 heteroatoms. The van der Waals surface area contributed by atoms with E-state index in [1.54, 1.807) is 39.3 Å². The highest BCUT2D eigenvalue weighted by atomic mass is 79.9. The van der Waals surface area contributed by atoms with Crippen LogP contribution in [0.4, 0.5) is 5.69 Å². The molecule has 0 saturated carbocycles. The van der Waals surface area contributed by atoms with Gasteiger partial charge in [-0.25, -0.2) is 8.42 Å². The highest BCUT2D eigenvalue weighted by Crippen LogP contribution is 2.28. The maximum atomic E-state index is 12.0. The topological polar surface area (TPSA) is 67.4 Å². The lowest BCUT2D eigenvalue weighted by Gasteiger charge is -2.15. The first-order chi connectivity index (χ1) is 8.40. The van der Waals surface area contributed by atoms with E-state index in [2.05, 4.69) is 26.0 Å². The number of hydrogen-bond acceptors (Lipinski definition) is 4. The summed E-state index contributed by atoms with van der Waals surface area (Å²) >= 11 is 3.31. The maximum Gasteiger partial charge on any atom is 0.236 e. The second-order valence-corrected chi connectivity index (χ2v) is 6.82. The number of halogens is 1. The predicted octanol–water partition coefficient (Wildman–Crippen LogP) is 1.81. The van der Waals surface area contributed by atoms with Gasteiger partial charge in [0.1, 0.15) is 5.75 Å². The fourth-order valence-corrected chi connectivity index (χ4v) is 2.98. The van der Waals surface area contributed by atoms with Crippen LogP contribution in [-0.2, 0) is 10.0 Å². The molecule has 0 radical (unpaired) electrons. The van der Waals surface area contributed by atoms with Crippen molar-refractivity contribution in [3.05, 3.63) is 22.7 Å². The Morgan fingerprint density at radius 3 is 2.61 bits per heavy atom. The summed E-state index contributed by atoms with van der Waals surface area (Å²) < 4.78 is 32.2. The summed E-state index contributed by atoms with van der Waals surface area (Å²) in [6, 6.07) is 5.03. The van der Waals surface area contributed by atoms with Crippen LogP contribution in [0.3, 0.4) is 0 Å². The lowest BCUT2D eigenvalue weighted by atomic mass is 10.3. The minimum atomic E-state index is -3.39. The van der Waals surface area contributed by atoms with E-state index in [1.807, 2.05) is 0 Å². The Morgan fingerprint density at radius 2 is 2.11 bits per heavy atom. The Hall–Kier alpha value is -0.790. The van der Waals surface area contributed by atoms with Crippen molar-refractivity contribution in [3.63, 3.8) is 0 Å². The number of ether oxygens (including phenoxy) is 1. The lowest BCUT2D eigenvalue weighted by molar-refractivity contribution is 0.412. The third-order valence-corrected chi connectivity index (χ3v) is 4.80. The van der Waals surface area contributed by atoms with Crippen LogP contribution in [-0.4, -0.2) is 34.4 Å². The van der Waals surface area contributed by atoms with E-state index in [0.29, 0.717) is 22.5 Å². The molecule has 2 N–H and O–H groups in total. The van der Waals surface area contributed by atoms with Gasteiger partial charge in [-0.3, -0.25) is 4.72 Å². The van der Waals surface area contributed by atoms with Gasteiger partial charge >= 0.3 is 0 Å². The SMILES string of the molecule is CNCC(C)S(=O)(=O)Nc1ccc(OC)c(Br)c1. The molecule has 18 heavy (non-hydrogen) atoms. The lowest BCUT2D eigenvalue weighted by Crippen LogP contribution is -2.33. The maximum absolute atomic E-state index is 12.0. The minimum absolute atomic E-state index is 0.395. The Morgan fingerprint density at radius 1 is 1.44 bits per heavy atom. The molecule has 0 aliphatic heterocycles. The van der Waals surface area contributed by atoms with Gasteiger partial charge in [0, 0.05) is 12.2 Å². The molecule has 0 fully saturated rings. The third-order valence-electron chi connectivity index (χ3n) is 2.43. The number of methoxy groups -OCH3 is 1. The first kappa shape index (κ1) is 15.3. The molecule has 0 amide bonds. The standard InChI is InChI=1S/C11H17BrN2O3S/c1-8(7-13-2)18(15,16)14-9-4-5-11(17-3)10(12)6-9/h4-6,8,13-14H,7H2,1-3H3. The van der Waals surface area contributed by atoms with Crippen molar-refractivity contribution in [2.24, 2.45) is 0 Å². The zero-order chi connectivity index (χ0) is 13.8. The third kappa shape index (κ3) is 3.86. The van der Waals surface area contributed by atoms with E-state index < -0.39 is 15.3 Å². The van der Waals surface area contributed by atoms with Crippen molar-refractivity contribution >= 4 is 31.6 Å². The number of sulfonamides is 1. The molecule has 0 aromatic heterocycles. The van der Waals surface area contributed by atoms with Gasteiger partial charge in [-0.2, -0.15) is 0 Å². The summed E-state index contributed by atoms with van der Waals surface area (Å²) in [5.41, 5.74) is 0.505. The number of rotatable bonds is 6. The Kier molecular flexibility index (Phi) is 5.43. The van der Waals surface area contributed by atoms with Crippen molar-refractivity contribution in [1.82, 2.24) is 5.32 Å². The molecule has 1 aromatic rings. The van der Waals surface area contributed by atoms with Crippen LogP contribution in [0.5, 0.6) is 5.75 Å². The average molecular weight is 337 g/mol. The van der Waals surface area contributed by atoms with Gasteiger partial charge in [-0.05, 0) is 48.1 Å². The predicted molar refractivity (Wildman–Crippen MR) is 76.6 cm³/mol. The van der Waals surface area contributed by atoms with Gasteiger partial charge in [0.25, 0.3) is 0 Å². The molecule has 0 aliphatic carbocycles. The quantitative estimate of drug-likeness (QED) is 0.831.